The van der Waals surface area contributed by atoms with Crippen LogP contribution in [0.25, 0.3) is 21.7 Å². The highest BCUT2D eigenvalue weighted by atomic mass is 32.1. The van der Waals surface area contributed by atoms with E-state index in [1.165, 1.54) is 11.3 Å². The van der Waals surface area contributed by atoms with Gasteiger partial charge in [0, 0.05) is 31.0 Å². The molecule has 0 unspecified atom stereocenters. The second-order valence-corrected chi connectivity index (χ2v) is 11.5. The Morgan fingerprint density at radius 3 is 2.67 bits per heavy atom. The zero-order valence-corrected chi connectivity index (χ0v) is 24.3. The lowest BCUT2D eigenvalue weighted by atomic mass is 9.91. The summed E-state index contributed by atoms with van der Waals surface area (Å²) in [5, 5.41) is 3.62. The lowest BCUT2D eigenvalue weighted by molar-refractivity contribution is -0.385. The topological polar surface area (TPSA) is 95.8 Å². The minimum absolute atomic E-state index is 0.0119. The molecular formula is C30H39N4O4S+. The quantitative estimate of drug-likeness (QED) is 0.218. The second kappa shape index (κ2) is 12.7. The third-order valence-corrected chi connectivity index (χ3v) is 8.27. The smallest absolute Gasteiger partial charge is 0.360 e. The maximum Gasteiger partial charge on any atom is 0.360 e. The van der Waals surface area contributed by atoms with Crippen molar-refractivity contribution in [2.24, 2.45) is 11.8 Å². The van der Waals surface area contributed by atoms with Gasteiger partial charge in [-0.3, -0.25) is 9.59 Å². The summed E-state index contributed by atoms with van der Waals surface area (Å²) >= 11 is 1.53. The van der Waals surface area contributed by atoms with Crippen LogP contribution in [0.15, 0.2) is 36.2 Å². The molecule has 0 saturated heterocycles. The van der Waals surface area contributed by atoms with Gasteiger partial charge in [-0.2, -0.15) is 0 Å². The number of methoxy groups -OCH3 is 1. The zero-order chi connectivity index (χ0) is 28.1. The van der Waals surface area contributed by atoms with Crippen molar-refractivity contribution in [2.75, 3.05) is 20.7 Å². The first-order valence-electron chi connectivity index (χ1n) is 13.6. The van der Waals surface area contributed by atoms with Crippen LogP contribution in [0.3, 0.4) is 0 Å². The van der Waals surface area contributed by atoms with Crippen LogP contribution >= 0.6 is 11.3 Å². The summed E-state index contributed by atoms with van der Waals surface area (Å²) in [5.41, 5.74) is 1.72. The number of ketones is 1. The lowest BCUT2D eigenvalue weighted by Crippen LogP contribution is -2.37. The maximum absolute atomic E-state index is 13.4. The van der Waals surface area contributed by atoms with E-state index in [2.05, 4.69) is 25.4 Å². The summed E-state index contributed by atoms with van der Waals surface area (Å²) in [7, 11) is 3.45. The molecule has 1 saturated carbocycles. The number of aromatic amines is 1. The van der Waals surface area contributed by atoms with Crippen LogP contribution in [0.5, 0.6) is 11.6 Å². The number of unbranched alkanes of at least 4 members (excludes halogenated alkanes) is 2. The monoisotopic (exact) mass is 551 g/mol. The molecule has 1 fully saturated rings. The van der Waals surface area contributed by atoms with Gasteiger partial charge in [0.25, 0.3) is 5.88 Å². The molecule has 4 rings (SSSR count). The SMILES string of the molecule is C=CCCCCN(C)C(=O)[C@@H]1C[C@H](Oc2[nH+]c(-c3nc(C(C)C)cs3)nc3cc(OC)ccc23)C[C@H]1C(C)=O. The number of allylic oxidation sites excluding steroid dienone is 1. The number of ether oxygens (including phenoxy) is 2. The van der Waals surface area contributed by atoms with Crippen molar-refractivity contribution in [1.82, 2.24) is 14.9 Å². The molecule has 1 amide bonds. The molecule has 0 bridgehead atoms. The first kappa shape index (κ1) is 28.7. The fourth-order valence-electron chi connectivity index (χ4n) is 5.11. The van der Waals surface area contributed by atoms with Gasteiger partial charge in [-0.05, 0) is 62.1 Å². The van der Waals surface area contributed by atoms with Gasteiger partial charge in [0.15, 0.2) is 5.52 Å². The molecule has 0 radical (unpaired) electrons. The molecule has 1 aliphatic rings. The molecule has 0 aliphatic heterocycles. The van der Waals surface area contributed by atoms with Crippen LogP contribution in [0.1, 0.15) is 64.5 Å². The number of Topliss-reactive ketones (excluding diaryl/α,β-unsaturated/α-hetero) is 1. The molecule has 1 aromatic carbocycles. The average molecular weight is 552 g/mol. The summed E-state index contributed by atoms with van der Waals surface area (Å²) in [5.74, 6) is 1.45. The molecule has 1 N–H and O–H groups in total. The molecule has 3 aromatic rings. The number of H-pyrrole nitrogens is 1. The van der Waals surface area contributed by atoms with Crippen LogP contribution in [0.2, 0.25) is 0 Å². The third-order valence-electron chi connectivity index (χ3n) is 7.40. The van der Waals surface area contributed by atoms with Gasteiger partial charge in [-0.1, -0.05) is 19.9 Å². The van der Waals surface area contributed by atoms with Crippen LogP contribution in [0.4, 0.5) is 0 Å². The van der Waals surface area contributed by atoms with Gasteiger partial charge in [0.1, 0.15) is 23.0 Å². The van der Waals surface area contributed by atoms with Crippen molar-refractivity contribution < 1.29 is 24.0 Å². The highest BCUT2D eigenvalue weighted by molar-refractivity contribution is 7.13. The zero-order valence-electron chi connectivity index (χ0n) is 23.5. The Kier molecular flexibility index (Phi) is 9.32. The Labute approximate surface area is 234 Å². The normalized spacial score (nSPS) is 18.9. The first-order valence-corrected chi connectivity index (χ1v) is 14.5. The Morgan fingerprint density at radius 2 is 2.00 bits per heavy atom. The van der Waals surface area contributed by atoms with E-state index in [0.717, 1.165) is 35.4 Å². The fraction of sp³-hybridized carbons (Fsp3) is 0.500. The summed E-state index contributed by atoms with van der Waals surface area (Å²) in [6.07, 6.45) is 5.41. The van der Waals surface area contributed by atoms with Crippen molar-refractivity contribution in [2.45, 2.75) is 64.9 Å². The Balaban J connectivity index is 1.60. The van der Waals surface area contributed by atoms with Gasteiger partial charge >= 0.3 is 5.82 Å². The van der Waals surface area contributed by atoms with E-state index in [9.17, 15) is 9.59 Å². The molecule has 9 heteroatoms. The standard InChI is InChI=1S/C30H38N4O4S/c1-7-8-9-10-13-34(5)30(36)24-15-21(14-23(24)19(4)35)38-28-22-12-11-20(37-6)16-25(22)31-27(33-28)29-32-26(17-39-29)18(2)3/h7,11-12,16-18,21,23-24H,1,8-10,13-15H2,2-6H3/p+1/t21-,23+,24-/m1/s1. The number of carbonyl (C=O) groups excluding carboxylic acids is 2. The number of hydrogen-bond donors (Lipinski definition) is 0. The molecular weight excluding hydrogens is 512 g/mol. The van der Waals surface area contributed by atoms with E-state index < -0.39 is 5.92 Å². The van der Waals surface area contributed by atoms with Crippen molar-refractivity contribution >= 4 is 33.9 Å². The Bertz CT molecular complexity index is 1340. The number of benzene rings is 1. The van der Waals surface area contributed by atoms with Crippen molar-refractivity contribution in [3.63, 3.8) is 0 Å². The number of nitrogens with one attached hydrogen (secondary N) is 1. The Hall–Kier alpha value is -3.33. The van der Waals surface area contributed by atoms with E-state index in [4.69, 9.17) is 19.4 Å². The number of aromatic nitrogens is 3. The van der Waals surface area contributed by atoms with Crippen LogP contribution in [-0.2, 0) is 9.59 Å². The molecule has 2 aromatic heterocycles. The van der Waals surface area contributed by atoms with Crippen molar-refractivity contribution in [3.05, 3.63) is 41.9 Å². The van der Waals surface area contributed by atoms with Gasteiger partial charge < -0.3 is 14.4 Å². The van der Waals surface area contributed by atoms with Crippen LogP contribution in [-0.4, -0.2) is 53.4 Å². The lowest BCUT2D eigenvalue weighted by Gasteiger charge is -2.23. The summed E-state index contributed by atoms with van der Waals surface area (Å²) in [6, 6.07) is 5.65. The summed E-state index contributed by atoms with van der Waals surface area (Å²) in [4.78, 5) is 40.7. The van der Waals surface area contributed by atoms with E-state index in [1.54, 1.807) is 18.9 Å². The molecule has 208 valence electrons. The summed E-state index contributed by atoms with van der Waals surface area (Å²) < 4.78 is 12.0. The molecule has 39 heavy (non-hydrogen) atoms. The molecule has 0 spiro atoms. The minimum Gasteiger partial charge on any atom is -0.497 e. The molecule has 8 nitrogen and oxygen atoms in total. The molecule has 1 aliphatic carbocycles. The first-order chi connectivity index (χ1) is 18.7. The molecule has 3 atom stereocenters. The second-order valence-electron chi connectivity index (χ2n) is 10.6. The highest BCUT2D eigenvalue weighted by Crippen LogP contribution is 2.37. The number of carbonyl (C=O) groups is 2. The number of nitrogens with zero attached hydrogens (tertiary/aromatic N) is 3. The Morgan fingerprint density at radius 1 is 1.23 bits per heavy atom. The third kappa shape index (κ3) is 6.64. The van der Waals surface area contributed by atoms with Crippen LogP contribution < -0.4 is 14.5 Å². The number of fused-ring (bicyclic) bond motifs is 1. The van der Waals surface area contributed by atoms with E-state index >= 15 is 0 Å². The average Bonchev–Trinajstić information content (AvgIpc) is 3.58. The van der Waals surface area contributed by atoms with Crippen LogP contribution in [0, 0.1) is 11.8 Å². The molecule has 2 heterocycles. The van der Waals surface area contributed by atoms with E-state index in [-0.39, 0.29) is 23.7 Å². The number of rotatable bonds is 12. The number of hydrogen-bond acceptors (Lipinski definition) is 7. The van der Waals surface area contributed by atoms with Crippen molar-refractivity contribution in [1.29, 1.82) is 0 Å². The maximum atomic E-state index is 13.4. The largest absolute Gasteiger partial charge is 0.497 e. The van der Waals surface area contributed by atoms with Gasteiger partial charge in [-0.15, -0.1) is 17.9 Å². The van der Waals surface area contributed by atoms with Gasteiger partial charge in [0.2, 0.25) is 10.9 Å². The van der Waals surface area contributed by atoms with E-state index in [1.807, 2.05) is 36.7 Å². The number of amides is 1. The van der Waals surface area contributed by atoms with Gasteiger partial charge in [-0.25, -0.2) is 9.97 Å². The van der Waals surface area contributed by atoms with Crippen molar-refractivity contribution in [3.8, 4) is 22.5 Å². The predicted octanol–water partition coefficient (Wildman–Crippen LogP) is 5.48. The predicted molar refractivity (Wildman–Crippen MR) is 153 cm³/mol. The van der Waals surface area contributed by atoms with E-state index in [0.29, 0.717) is 48.3 Å². The summed E-state index contributed by atoms with van der Waals surface area (Å²) in [6.45, 7) is 10.2. The van der Waals surface area contributed by atoms with Gasteiger partial charge in [0.05, 0.1) is 18.7 Å². The fourth-order valence-corrected chi connectivity index (χ4v) is 6.03. The number of thiazole rings is 1. The highest BCUT2D eigenvalue weighted by Gasteiger charge is 2.44. The minimum atomic E-state index is -0.392.